The second-order valence-corrected chi connectivity index (χ2v) is 6.08. The third kappa shape index (κ3) is 2.87. The normalized spacial score (nSPS) is 26.6. The van der Waals surface area contributed by atoms with Crippen LogP contribution in [-0.2, 0) is 6.54 Å². The highest BCUT2D eigenvalue weighted by Crippen LogP contribution is 2.38. The maximum absolute atomic E-state index is 9.78. The second-order valence-electron chi connectivity index (χ2n) is 5.67. The van der Waals surface area contributed by atoms with Crippen LogP contribution in [-0.4, -0.2) is 42.4 Å². The number of halogens is 1. The highest BCUT2D eigenvalue weighted by molar-refractivity contribution is 6.32. The van der Waals surface area contributed by atoms with Crippen molar-refractivity contribution in [2.75, 3.05) is 26.3 Å². The molecule has 0 bridgehead atoms. The Morgan fingerprint density at radius 3 is 2.95 bits per heavy atom. The summed E-state index contributed by atoms with van der Waals surface area (Å²) in [5.41, 5.74) is 1.13. The number of likely N-dealkylation sites (tertiary alicyclic amines) is 1. The Kier molecular flexibility index (Phi) is 4.06. The standard InChI is InChI=1S/C15H20ClNO3/c1-10-8-17(3-2-13(10)18)9-11-6-12(16)15-14(7-11)19-4-5-20-15/h6-7,10,13,18H,2-5,8-9H2,1H3. The summed E-state index contributed by atoms with van der Waals surface area (Å²) in [5.74, 6) is 1.71. The zero-order valence-electron chi connectivity index (χ0n) is 11.6. The second kappa shape index (κ2) is 5.80. The lowest BCUT2D eigenvalue weighted by Gasteiger charge is -2.34. The smallest absolute Gasteiger partial charge is 0.179 e. The van der Waals surface area contributed by atoms with Gasteiger partial charge in [0, 0.05) is 19.6 Å². The van der Waals surface area contributed by atoms with Crippen LogP contribution in [0.25, 0.3) is 0 Å². The lowest BCUT2D eigenvalue weighted by molar-refractivity contribution is 0.0319. The molecule has 5 heteroatoms. The molecule has 0 aromatic heterocycles. The Bertz CT molecular complexity index is 494. The zero-order chi connectivity index (χ0) is 14.1. The van der Waals surface area contributed by atoms with Crippen molar-refractivity contribution >= 4 is 11.6 Å². The predicted molar refractivity (Wildman–Crippen MR) is 77.5 cm³/mol. The predicted octanol–water partition coefficient (Wildman–Crippen LogP) is 2.31. The quantitative estimate of drug-likeness (QED) is 0.910. The molecular formula is C15H20ClNO3. The Morgan fingerprint density at radius 1 is 1.35 bits per heavy atom. The molecule has 1 aromatic carbocycles. The fraction of sp³-hybridized carbons (Fsp3) is 0.600. The number of aliphatic hydroxyl groups is 1. The molecule has 0 saturated carbocycles. The fourth-order valence-corrected chi connectivity index (χ4v) is 3.16. The maximum atomic E-state index is 9.78. The highest BCUT2D eigenvalue weighted by Gasteiger charge is 2.25. The molecule has 0 radical (unpaired) electrons. The van der Waals surface area contributed by atoms with Crippen molar-refractivity contribution in [2.24, 2.45) is 5.92 Å². The molecule has 1 fully saturated rings. The monoisotopic (exact) mass is 297 g/mol. The number of rotatable bonds is 2. The van der Waals surface area contributed by atoms with Crippen LogP contribution >= 0.6 is 11.6 Å². The molecule has 0 spiro atoms. The number of piperidine rings is 1. The van der Waals surface area contributed by atoms with E-state index in [0.717, 1.165) is 37.4 Å². The summed E-state index contributed by atoms with van der Waals surface area (Å²) in [4.78, 5) is 2.35. The van der Waals surface area contributed by atoms with Gasteiger partial charge in [-0.1, -0.05) is 18.5 Å². The SMILES string of the molecule is CC1CN(Cc2cc(Cl)c3c(c2)OCCO3)CCC1O. The van der Waals surface area contributed by atoms with Gasteiger partial charge in [-0.05, 0) is 30.0 Å². The molecule has 1 N–H and O–H groups in total. The van der Waals surface area contributed by atoms with E-state index in [9.17, 15) is 5.11 Å². The summed E-state index contributed by atoms with van der Waals surface area (Å²) in [7, 11) is 0. The Hall–Kier alpha value is -0.970. The van der Waals surface area contributed by atoms with E-state index in [4.69, 9.17) is 21.1 Å². The molecule has 2 heterocycles. The first-order valence-corrected chi connectivity index (χ1v) is 7.49. The van der Waals surface area contributed by atoms with E-state index in [0.29, 0.717) is 29.9 Å². The van der Waals surface area contributed by atoms with E-state index in [1.165, 1.54) is 0 Å². The third-order valence-electron chi connectivity index (χ3n) is 4.01. The van der Waals surface area contributed by atoms with Crippen LogP contribution in [0.15, 0.2) is 12.1 Å². The molecule has 1 aromatic rings. The van der Waals surface area contributed by atoms with Gasteiger partial charge in [-0.15, -0.1) is 0 Å². The van der Waals surface area contributed by atoms with Crippen LogP contribution in [0.2, 0.25) is 5.02 Å². The molecule has 0 aliphatic carbocycles. The number of fused-ring (bicyclic) bond motifs is 1. The van der Waals surface area contributed by atoms with Gasteiger partial charge in [-0.3, -0.25) is 4.90 Å². The summed E-state index contributed by atoms with van der Waals surface area (Å²) in [6.07, 6.45) is 0.662. The van der Waals surface area contributed by atoms with E-state index in [-0.39, 0.29) is 6.10 Å². The minimum Gasteiger partial charge on any atom is -0.486 e. The van der Waals surface area contributed by atoms with Gasteiger partial charge in [-0.2, -0.15) is 0 Å². The fourth-order valence-electron chi connectivity index (χ4n) is 2.88. The van der Waals surface area contributed by atoms with Crippen molar-refractivity contribution in [1.29, 1.82) is 0 Å². The van der Waals surface area contributed by atoms with Gasteiger partial charge in [0.2, 0.25) is 0 Å². The number of hydrogen-bond acceptors (Lipinski definition) is 4. The van der Waals surface area contributed by atoms with Crippen LogP contribution in [0.3, 0.4) is 0 Å². The molecular weight excluding hydrogens is 278 g/mol. The van der Waals surface area contributed by atoms with Crippen molar-refractivity contribution in [2.45, 2.75) is 26.0 Å². The minimum absolute atomic E-state index is 0.171. The van der Waals surface area contributed by atoms with Crippen LogP contribution < -0.4 is 9.47 Å². The summed E-state index contributed by atoms with van der Waals surface area (Å²) < 4.78 is 11.1. The maximum Gasteiger partial charge on any atom is 0.179 e. The van der Waals surface area contributed by atoms with Crippen molar-refractivity contribution < 1.29 is 14.6 Å². The number of hydrogen-bond donors (Lipinski definition) is 1. The van der Waals surface area contributed by atoms with Gasteiger partial charge < -0.3 is 14.6 Å². The lowest BCUT2D eigenvalue weighted by Crippen LogP contribution is -2.41. The van der Waals surface area contributed by atoms with Crippen LogP contribution in [0.1, 0.15) is 18.9 Å². The summed E-state index contributed by atoms with van der Waals surface area (Å²) in [6.45, 7) is 5.86. The Balaban J connectivity index is 1.73. The van der Waals surface area contributed by atoms with Gasteiger partial charge in [-0.25, -0.2) is 0 Å². The van der Waals surface area contributed by atoms with Gasteiger partial charge in [0.15, 0.2) is 11.5 Å². The number of ether oxygens (including phenoxy) is 2. The first kappa shape index (κ1) is 14.0. The van der Waals surface area contributed by atoms with Gasteiger partial charge in [0.25, 0.3) is 0 Å². The average molecular weight is 298 g/mol. The topological polar surface area (TPSA) is 41.9 Å². The molecule has 0 amide bonds. The highest BCUT2D eigenvalue weighted by atomic mass is 35.5. The first-order chi connectivity index (χ1) is 9.63. The van der Waals surface area contributed by atoms with E-state index in [1.807, 2.05) is 12.1 Å². The van der Waals surface area contributed by atoms with E-state index >= 15 is 0 Å². The Labute approximate surface area is 124 Å². The summed E-state index contributed by atoms with van der Waals surface area (Å²) in [6, 6.07) is 3.96. The van der Waals surface area contributed by atoms with Crippen LogP contribution in [0.5, 0.6) is 11.5 Å². The van der Waals surface area contributed by atoms with Crippen molar-refractivity contribution in [3.8, 4) is 11.5 Å². The van der Waals surface area contributed by atoms with E-state index in [1.54, 1.807) is 0 Å². The number of benzene rings is 1. The lowest BCUT2D eigenvalue weighted by atomic mass is 9.96. The van der Waals surface area contributed by atoms with Crippen molar-refractivity contribution in [1.82, 2.24) is 4.90 Å². The third-order valence-corrected chi connectivity index (χ3v) is 4.29. The van der Waals surface area contributed by atoms with Gasteiger partial charge in [0.1, 0.15) is 13.2 Å². The first-order valence-electron chi connectivity index (χ1n) is 7.12. The van der Waals surface area contributed by atoms with Crippen LogP contribution in [0, 0.1) is 5.92 Å². The molecule has 110 valence electrons. The van der Waals surface area contributed by atoms with Crippen LogP contribution in [0.4, 0.5) is 0 Å². The van der Waals surface area contributed by atoms with Crippen molar-refractivity contribution in [3.05, 3.63) is 22.7 Å². The molecule has 3 rings (SSSR count). The molecule has 2 aliphatic heterocycles. The molecule has 1 saturated heterocycles. The largest absolute Gasteiger partial charge is 0.486 e. The van der Waals surface area contributed by atoms with E-state index in [2.05, 4.69) is 11.8 Å². The number of aliphatic hydroxyl groups excluding tert-OH is 1. The summed E-state index contributed by atoms with van der Waals surface area (Å²) >= 11 is 6.25. The van der Waals surface area contributed by atoms with E-state index < -0.39 is 0 Å². The van der Waals surface area contributed by atoms with Crippen molar-refractivity contribution in [3.63, 3.8) is 0 Å². The molecule has 2 aliphatic rings. The van der Waals surface area contributed by atoms with Gasteiger partial charge >= 0.3 is 0 Å². The van der Waals surface area contributed by atoms with Gasteiger partial charge in [0.05, 0.1) is 11.1 Å². The number of nitrogens with zero attached hydrogens (tertiary/aromatic N) is 1. The summed E-state index contributed by atoms with van der Waals surface area (Å²) in [5, 5.41) is 10.4. The molecule has 2 unspecified atom stereocenters. The minimum atomic E-state index is -0.171. The molecule has 4 nitrogen and oxygen atoms in total. The Morgan fingerprint density at radius 2 is 2.15 bits per heavy atom. The zero-order valence-corrected chi connectivity index (χ0v) is 12.4. The molecule has 20 heavy (non-hydrogen) atoms. The average Bonchev–Trinajstić information content (AvgIpc) is 2.43. The molecule has 2 atom stereocenters.